The molecule has 1 aliphatic heterocycles. The molecule has 0 unspecified atom stereocenters. The largest absolute Gasteiger partial charge is 0.443 e. The first kappa shape index (κ1) is 38.2. The SMILES string of the molecule is CC(C)(C)OC(=O)N(Cc1cc(NC(=O)[C@H](O)[C@H]2OCCN(c3cc4ccc(=O)[nH]c4cc3OC(F)F)C2=O)ccc1C#N)C(=O)OC(C)(C)C. The lowest BCUT2D eigenvalue weighted by Crippen LogP contribution is -2.55. The van der Waals surface area contributed by atoms with Gasteiger partial charge in [0, 0.05) is 29.8 Å². The van der Waals surface area contributed by atoms with E-state index in [9.17, 15) is 43.1 Å². The molecular formula is C34H37F2N5O10. The number of aliphatic hydroxyl groups is 1. The zero-order valence-corrected chi connectivity index (χ0v) is 28.6. The molecule has 2 atom stereocenters. The number of rotatable bonds is 8. The number of aromatic nitrogens is 1. The van der Waals surface area contributed by atoms with Crippen LogP contribution in [0.1, 0.15) is 52.7 Å². The fraction of sp³-hybridized carbons (Fsp3) is 0.412. The Bertz CT molecular complexity index is 1900. The van der Waals surface area contributed by atoms with Gasteiger partial charge in [-0.1, -0.05) is 0 Å². The van der Waals surface area contributed by atoms with Crippen molar-refractivity contribution < 1.29 is 52.0 Å². The number of nitriles is 1. The minimum Gasteiger partial charge on any atom is -0.443 e. The zero-order chi connectivity index (χ0) is 37.8. The van der Waals surface area contributed by atoms with E-state index in [-0.39, 0.29) is 41.2 Å². The summed E-state index contributed by atoms with van der Waals surface area (Å²) in [5.74, 6) is -2.50. The fourth-order valence-corrected chi connectivity index (χ4v) is 4.92. The first-order valence-electron chi connectivity index (χ1n) is 15.6. The van der Waals surface area contributed by atoms with Gasteiger partial charge in [-0.2, -0.15) is 14.0 Å². The van der Waals surface area contributed by atoms with Crippen molar-refractivity contribution in [3.05, 3.63) is 63.9 Å². The topological polar surface area (TPSA) is 201 Å². The number of fused-ring (bicyclic) bond motifs is 1. The van der Waals surface area contributed by atoms with Crippen LogP contribution >= 0.6 is 0 Å². The molecule has 0 aliphatic carbocycles. The number of halogens is 2. The molecule has 1 saturated heterocycles. The second kappa shape index (κ2) is 15.1. The van der Waals surface area contributed by atoms with E-state index in [1.165, 1.54) is 36.4 Å². The van der Waals surface area contributed by atoms with Crippen molar-refractivity contribution >= 4 is 46.3 Å². The predicted octanol–water partition coefficient (Wildman–Crippen LogP) is 4.40. The number of carbonyl (C=O) groups is 4. The number of anilines is 2. The summed E-state index contributed by atoms with van der Waals surface area (Å²) in [6.07, 6.45) is -6.00. The van der Waals surface area contributed by atoms with E-state index in [1.54, 1.807) is 41.5 Å². The fourth-order valence-electron chi connectivity index (χ4n) is 4.92. The summed E-state index contributed by atoms with van der Waals surface area (Å²) in [6, 6.07) is 11.0. The molecule has 0 radical (unpaired) electrons. The third kappa shape index (κ3) is 9.77. The number of benzene rings is 2. The summed E-state index contributed by atoms with van der Waals surface area (Å²) in [4.78, 5) is 68.8. The van der Waals surface area contributed by atoms with Gasteiger partial charge in [0.1, 0.15) is 11.2 Å². The van der Waals surface area contributed by atoms with E-state index in [0.717, 1.165) is 11.0 Å². The number of H-pyrrole nitrogens is 1. The highest BCUT2D eigenvalue weighted by Crippen LogP contribution is 2.35. The lowest BCUT2D eigenvalue weighted by atomic mass is 10.1. The van der Waals surface area contributed by atoms with E-state index < -0.39 is 71.9 Å². The Balaban J connectivity index is 1.58. The number of pyridine rings is 1. The quantitative estimate of drug-likeness (QED) is 0.299. The van der Waals surface area contributed by atoms with Gasteiger partial charge < -0.3 is 39.3 Å². The Morgan fingerprint density at radius 2 is 1.71 bits per heavy atom. The van der Waals surface area contributed by atoms with E-state index in [1.807, 2.05) is 6.07 Å². The standard InChI is InChI=1S/C34H37F2N5O10/c1-33(2,3)50-31(46)41(32(47)51-34(4,5)6)17-20-13-21(9-7-19(20)16-37)38-28(44)26(43)27-29(45)40(11-12-48-27)23-14-18-8-10-25(42)39-22(18)15-24(23)49-30(35)36/h7-10,13-15,26-27,30,43H,11-12,17H2,1-6H3,(H,38,44)(H,39,42)/t26-,27-/m1/s1. The Hall–Kier alpha value is -5.60. The maximum absolute atomic E-state index is 13.6. The smallest absolute Gasteiger partial charge is 0.420 e. The van der Waals surface area contributed by atoms with Gasteiger partial charge in [-0.3, -0.25) is 14.4 Å². The van der Waals surface area contributed by atoms with Gasteiger partial charge in [-0.15, -0.1) is 0 Å². The zero-order valence-electron chi connectivity index (χ0n) is 28.6. The molecule has 15 nitrogen and oxygen atoms in total. The molecule has 3 aromatic rings. The normalized spacial score (nSPS) is 15.6. The minimum atomic E-state index is -3.28. The number of imide groups is 1. The highest BCUT2D eigenvalue weighted by molar-refractivity contribution is 6.05. The summed E-state index contributed by atoms with van der Waals surface area (Å²) < 4.78 is 47.5. The van der Waals surface area contributed by atoms with Crippen LogP contribution in [0.3, 0.4) is 0 Å². The molecule has 4 rings (SSSR count). The molecule has 4 amide bonds. The van der Waals surface area contributed by atoms with E-state index in [4.69, 9.17) is 14.2 Å². The Kier molecular flexibility index (Phi) is 11.3. The number of hydrogen-bond acceptors (Lipinski definition) is 11. The molecule has 3 N–H and O–H groups in total. The monoisotopic (exact) mass is 713 g/mol. The third-order valence-electron chi connectivity index (χ3n) is 7.04. The molecule has 1 fully saturated rings. The van der Waals surface area contributed by atoms with Crippen molar-refractivity contribution in [3.8, 4) is 11.8 Å². The van der Waals surface area contributed by atoms with Crippen LogP contribution in [0.15, 0.2) is 47.3 Å². The number of nitrogens with zero attached hydrogens (tertiary/aromatic N) is 3. The molecule has 0 bridgehead atoms. The lowest BCUT2D eigenvalue weighted by molar-refractivity contribution is -0.150. The first-order chi connectivity index (χ1) is 23.8. The molecular weight excluding hydrogens is 676 g/mol. The first-order valence-corrected chi connectivity index (χ1v) is 15.6. The Morgan fingerprint density at radius 3 is 2.29 bits per heavy atom. The molecule has 2 heterocycles. The molecule has 1 aliphatic rings. The average Bonchev–Trinajstić information content (AvgIpc) is 3.01. The Labute approximate surface area is 290 Å². The van der Waals surface area contributed by atoms with Crippen LogP contribution in [0.4, 0.5) is 29.7 Å². The Morgan fingerprint density at radius 1 is 1.06 bits per heavy atom. The summed E-state index contributed by atoms with van der Waals surface area (Å²) in [5.41, 5.74) is -2.26. The highest BCUT2D eigenvalue weighted by Gasteiger charge is 2.40. The van der Waals surface area contributed by atoms with Crippen LogP contribution in [0.5, 0.6) is 5.75 Å². The number of hydrogen-bond donors (Lipinski definition) is 3. The van der Waals surface area contributed by atoms with Gasteiger partial charge in [0.2, 0.25) is 5.56 Å². The van der Waals surface area contributed by atoms with Crippen molar-refractivity contribution in [2.45, 2.75) is 78.1 Å². The maximum Gasteiger partial charge on any atom is 0.420 e. The van der Waals surface area contributed by atoms with Crippen molar-refractivity contribution in [2.75, 3.05) is 23.4 Å². The second-order valence-corrected chi connectivity index (χ2v) is 13.4. The van der Waals surface area contributed by atoms with Crippen LogP contribution in [0.2, 0.25) is 0 Å². The van der Waals surface area contributed by atoms with Crippen LogP contribution in [-0.2, 0) is 30.3 Å². The molecule has 1 aromatic heterocycles. The summed E-state index contributed by atoms with van der Waals surface area (Å²) in [6.45, 7) is 5.46. The highest BCUT2D eigenvalue weighted by atomic mass is 19.3. The van der Waals surface area contributed by atoms with Gasteiger partial charge in [-0.05, 0) is 77.4 Å². The number of aliphatic hydroxyl groups excluding tert-OH is 1. The number of aromatic amines is 1. The number of amides is 4. The molecule has 2 aromatic carbocycles. The summed E-state index contributed by atoms with van der Waals surface area (Å²) in [7, 11) is 0. The van der Waals surface area contributed by atoms with Crippen LogP contribution in [0.25, 0.3) is 10.9 Å². The number of nitrogens with one attached hydrogen (secondary N) is 2. The molecule has 51 heavy (non-hydrogen) atoms. The second-order valence-electron chi connectivity index (χ2n) is 13.4. The van der Waals surface area contributed by atoms with Gasteiger partial charge in [0.25, 0.3) is 11.8 Å². The van der Waals surface area contributed by atoms with E-state index in [0.29, 0.717) is 10.3 Å². The molecule has 17 heteroatoms. The maximum atomic E-state index is 13.6. The van der Waals surface area contributed by atoms with Crippen molar-refractivity contribution in [1.82, 2.24) is 9.88 Å². The van der Waals surface area contributed by atoms with Gasteiger partial charge >= 0.3 is 18.8 Å². The number of alkyl halides is 2. The minimum absolute atomic E-state index is 0.0117. The number of carbonyl (C=O) groups excluding carboxylic acids is 4. The van der Waals surface area contributed by atoms with Crippen molar-refractivity contribution in [3.63, 3.8) is 0 Å². The predicted molar refractivity (Wildman–Crippen MR) is 177 cm³/mol. The lowest BCUT2D eigenvalue weighted by Gasteiger charge is -2.34. The van der Waals surface area contributed by atoms with Crippen LogP contribution < -0.4 is 20.5 Å². The van der Waals surface area contributed by atoms with Crippen LogP contribution in [-0.4, -0.2) is 82.2 Å². The van der Waals surface area contributed by atoms with Gasteiger partial charge in [0.05, 0.1) is 36.0 Å². The summed E-state index contributed by atoms with van der Waals surface area (Å²) >= 11 is 0. The van der Waals surface area contributed by atoms with Crippen LogP contribution in [0, 0.1) is 11.3 Å². The average molecular weight is 714 g/mol. The summed E-state index contributed by atoms with van der Waals surface area (Å²) in [5, 5.41) is 23.5. The van der Waals surface area contributed by atoms with Gasteiger partial charge in [-0.25, -0.2) is 14.5 Å². The van der Waals surface area contributed by atoms with Crippen molar-refractivity contribution in [1.29, 1.82) is 5.26 Å². The molecule has 0 spiro atoms. The third-order valence-corrected chi connectivity index (χ3v) is 7.04. The molecule has 272 valence electrons. The van der Waals surface area contributed by atoms with E-state index in [2.05, 4.69) is 15.0 Å². The molecule has 0 saturated carbocycles. The van der Waals surface area contributed by atoms with E-state index >= 15 is 0 Å². The number of ether oxygens (including phenoxy) is 4. The van der Waals surface area contributed by atoms with Crippen molar-refractivity contribution in [2.24, 2.45) is 0 Å². The number of morpholine rings is 1. The van der Waals surface area contributed by atoms with Gasteiger partial charge in [0.15, 0.2) is 18.0 Å².